The Morgan fingerprint density at radius 1 is 0.973 bits per heavy atom. The van der Waals surface area contributed by atoms with Crippen LogP contribution in [0.4, 0.5) is 0 Å². The first kappa shape index (κ1) is 26.5. The first-order chi connectivity index (χ1) is 17.9. The molecule has 1 amide bonds. The fraction of sp³-hybridized carbons (Fsp3) is 0.172. The fourth-order valence-corrected chi connectivity index (χ4v) is 4.39. The summed E-state index contributed by atoms with van der Waals surface area (Å²) in [5.41, 5.74) is 8.11. The molecule has 0 aliphatic heterocycles. The van der Waals surface area contributed by atoms with Crippen molar-refractivity contribution >= 4 is 39.7 Å². The number of carbonyl (C=O) groups excluding carboxylic acids is 1. The molecule has 4 aromatic rings. The highest BCUT2D eigenvalue weighted by atomic mass is 79.9. The third-order valence-corrected chi connectivity index (χ3v) is 6.64. The van der Waals surface area contributed by atoms with Crippen molar-refractivity contribution in [2.45, 2.75) is 27.4 Å². The molecule has 0 saturated carbocycles. The van der Waals surface area contributed by atoms with Crippen LogP contribution in [-0.4, -0.2) is 23.3 Å². The monoisotopic (exact) mass is 579 g/mol. The van der Waals surface area contributed by atoms with Crippen molar-refractivity contribution in [1.82, 2.24) is 9.99 Å². The highest BCUT2D eigenvalue weighted by Gasteiger charge is 2.12. The van der Waals surface area contributed by atoms with Crippen LogP contribution in [0.2, 0.25) is 5.02 Å². The van der Waals surface area contributed by atoms with E-state index < -0.39 is 0 Å². The molecule has 0 saturated heterocycles. The Kier molecular flexibility index (Phi) is 8.69. The van der Waals surface area contributed by atoms with Gasteiger partial charge in [-0.05, 0) is 103 Å². The SMILES string of the molecule is CCOc1cc(/C=N\NC(=O)c2ccc(-n3c(C)ccc3C)cc2)c(Br)cc1OCc1ccc(Cl)cc1. The minimum atomic E-state index is -0.298. The predicted molar refractivity (Wildman–Crippen MR) is 151 cm³/mol. The lowest BCUT2D eigenvalue weighted by molar-refractivity contribution is 0.0955. The van der Waals surface area contributed by atoms with Crippen LogP contribution in [0.5, 0.6) is 11.5 Å². The van der Waals surface area contributed by atoms with Gasteiger partial charge in [-0.25, -0.2) is 5.43 Å². The average Bonchev–Trinajstić information content (AvgIpc) is 3.23. The molecule has 0 bridgehead atoms. The van der Waals surface area contributed by atoms with Gasteiger partial charge in [-0.3, -0.25) is 4.79 Å². The Morgan fingerprint density at radius 3 is 2.27 bits per heavy atom. The Balaban J connectivity index is 1.43. The number of ether oxygens (including phenoxy) is 2. The molecular formula is C29H27BrClN3O3. The lowest BCUT2D eigenvalue weighted by atomic mass is 10.2. The van der Waals surface area contributed by atoms with Crippen LogP contribution in [0.1, 0.15) is 39.8 Å². The van der Waals surface area contributed by atoms with E-state index in [1.165, 1.54) is 0 Å². The Bertz CT molecular complexity index is 1390. The molecule has 0 spiro atoms. The molecule has 0 unspecified atom stereocenters. The van der Waals surface area contributed by atoms with E-state index in [2.05, 4.69) is 57.0 Å². The van der Waals surface area contributed by atoms with Crippen LogP contribution in [0.3, 0.4) is 0 Å². The van der Waals surface area contributed by atoms with Gasteiger partial charge >= 0.3 is 0 Å². The molecule has 0 radical (unpaired) electrons. The molecule has 190 valence electrons. The third-order valence-electron chi connectivity index (χ3n) is 5.70. The van der Waals surface area contributed by atoms with E-state index in [0.29, 0.717) is 35.3 Å². The van der Waals surface area contributed by atoms with Gasteiger partial charge in [-0.15, -0.1) is 0 Å². The van der Waals surface area contributed by atoms with Gasteiger partial charge in [0.15, 0.2) is 11.5 Å². The molecule has 0 atom stereocenters. The van der Waals surface area contributed by atoms with Crippen LogP contribution >= 0.6 is 27.5 Å². The molecule has 0 fully saturated rings. The number of halogens is 2. The fourth-order valence-electron chi connectivity index (χ4n) is 3.84. The van der Waals surface area contributed by atoms with Crippen molar-refractivity contribution in [3.05, 3.63) is 110 Å². The van der Waals surface area contributed by atoms with Gasteiger partial charge in [-0.2, -0.15) is 5.10 Å². The number of hydrogen-bond acceptors (Lipinski definition) is 4. The van der Waals surface area contributed by atoms with E-state index in [1.807, 2.05) is 55.5 Å². The second kappa shape index (κ2) is 12.1. The lowest BCUT2D eigenvalue weighted by Gasteiger charge is -2.14. The van der Waals surface area contributed by atoms with Crippen LogP contribution < -0.4 is 14.9 Å². The van der Waals surface area contributed by atoms with Crippen molar-refractivity contribution in [3.8, 4) is 17.2 Å². The van der Waals surface area contributed by atoms with E-state index in [-0.39, 0.29) is 5.91 Å². The van der Waals surface area contributed by atoms with Crippen LogP contribution in [0.15, 0.2) is 82.4 Å². The van der Waals surface area contributed by atoms with Crippen molar-refractivity contribution in [2.75, 3.05) is 6.61 Å². The molecule has 6 nitrogen and oxygen atoms in total. The number of aryl methyl sites for hydroxylation is 2. The maximum atomic E-state index is 12.6. The quantitative estimate of drug-likeness (QED) is 0.167. The van der Waals surface area contributed by atoms with Crippen molar-refractivity contribution in [2.24, 2.45) is 5.10 Å². The number of rotatable bonds is 9. The summed E-state index contributed by atoms with van der Waals surface area (Å²) in [6.07, 6.45) is 1.56. The third kappa shape index (κ3) is 6.61. The normalized spacial score (nSPS) is 11.1. The molecule has 1 aromatic heterocycles. The van der Waals surface area contributed by atoms with Crippen molar-refractivity contribution in [1.29, 1.82) is 0 Å². The molecule has 1 N–H and O–H groups in total. The predicted octanol–water partition coefficient (Wildman–Crippen LogP) is 7.25. The standard InChI is InChI=1S/C29H27BrClN3O3/c1-4-36-27-15-23(26(30)16-28(27)37-18-21-7-11-24(31)12-8-21)17-32-33-29(35)22-9-13-25(14-10-22)34-19(2)5-6-20(34)3/h5-17H,4,18H2,1-3H3,(H,33,35)/b32-17-. The largest absolute Gasteiger partial charge is 0.490 e. The van der Waals surface area contributed by atoms with E-state index in [1.54, 1.807) is 18.3 Å². The summed E-state index contributed by atoms with van der Waals surface area (Å²) >= 11 is 9.52. The van der Waals surface area contributed by atoms with E-state index in [9.17, 15) is 4.79 Å². The Morgan fingerprint density at radius 2 is 1.62 bits per heavy atom. The summed E-state index contributed by atoms with van der Waals surface area (Å²) < 4.78 is 14.7. The van der Waals surface area contributed by atoms with Crippen molar-refractivity contribution in [3.63, 3.8) is 0 Å². The smallest absolute Gasteiger partial charge is 0.271 e. The van der Waals surface area contributed by atoms with Gasteiger partial charge in [-0.1, -0.05) is 23.7 Å². The lowest BCUT2D eigenvalue weighted by Crippen LogP contribution is -2.17. The molecule has 0 aliphatic carbocycles. The molecule has 37 heavy (non-hydrogen) atoms. The molecular weight excluding hydrogens is 554 g/mol. The summed E-state index contributed by atoms with van der Waals surface area (Å²) in [6.45, 7) is 6.86. The molecule has 0 aliphatic rings. The molecule has 1 heterocycles. The van der Waals surface area contributed by atoms with Crippen molar-refractivity contribution < 1.29 is 14.3 Å². The first-order valence-corrected chi connectivity index (χ1v) is 12.9. The number of benzene rings is 3. The van der Waals surface area contributed by atoms with Gasteiger partial charge in [0.05, 0.1) is 12.8 Å². The van der Waals surface area contributed by atoms with Gasteiger partial charge in [0, 0.05) is 37.7 Å². The summed E-state index contributed by atoms with van der Waals surface area (Å²) in [5.74, 6) is 0.879. The minimum absolute atomic E-state index is 0.298. The Labute approximate surface area is 230 Å². The number of hydrazone groups is 1. The minimum Gasteiger partial charge on any atom is -0.490 e. The summed E-state index contributed by atoms with van der Waals surface area (Å²) in [4.78, 5) is 12.6. The van der Waals surface area contributed by atoms with Crippen LogP contribution in [0, 0.1) is 13.8 Å². The van der Waals surface area contributed by atoms with E-state index >= 15 is 0 Å². The zero-order chi connectivity index (χ0) is 26.4. The molecule has 4 rings (SSSR count). The van der Waals surface area contributed by atoms with Gasteiger partial charge < -0.3 is 14.0 Å². The van der Waals surface area contributed by atoms with Gasteiger partial charge in [0.1, 0.15) is 6.61 Å². The van der Waals surface area contributed by atoms with E-state index in [4.69, 9.17) is 21.1 Å². The number of carbonyl (C=O) groups is 1. The van der Waals surface area contributed by atoms with E-state index in [0.717, 1.165) is 32.7 Å². The van der Waals surface area contributed by atoms with Gasteiger partial charge in [0.2, 0.25) is 0 Å². The summed E-state index contributed by atoms with van der Waals surface area (Å²) in [5, 5.41) is 4.82. The van der Waals surface area contributed by atoms with Gasteiger partial charge in [0.25, 0.3) is 5.91 Å². The van der Waals surface area contributed by atoms with Crippen LogP contribution in [-0.2, 0) is 6.61 Å². The zero-order valence-electron chi connectivity index (χ0n) is 20.8. The average molecular weight is 581 g/mol. The Hall–Kier alpha value is -3.55. The zero-order valence-corrected chi connectivity index (χ0v) is 23.1. The topological polar surface area (TPSA) is 64.8 Å². The molecule has 8 heteroatoms. The second-order valence-corrected chi connectivity index (χ2v) is 9.66. The molecule has 3 aromatic carbocycles. The number of nitrogens with zero attached hydrogens (tertiary/aromatic N) is 2. The number of amides is 1. The van der Waals surface area contributed by atoms with Crippen LogP contribution in [0.25, 0.3) is 5.69 Å². The highest BCUT2D eigenvalue weighted by Crippen LogP contribution is 2.34. The maximum absolute atomic E-state index is 12.6. The highest BCUT2D eigenvalue weighted by molar-refractivity contribution is 9.10. The number of nitrogens with one attached hydrogen (secondary N) is 1. The number of hydrogen-bond donors (Lipinski definition) is 1. The first-order valence-electron chi connectivity index (χ1n) is 11.8. The second-order valence-electron chi connectivity index (χ2n) is 8.37. The number of aromatic nitrogens is 1. The summed E-state index contributed by atoms with van der Waals surface area (Å²) in [7, 11) is 0. The maximum Gasteiger partial charge on any atom is 0.271 e. The summed E-state index contributed by atoms with van der Waals surface area (Å²) in [6, 6.07) is 22.7.